The first-order valence-corrected chi connectivity index (χ1v) is 8.94. The minimum absolute atomic E-state index is 0.0616. The predicted molar refractivity (Wildman–Crippen MR) is 102 cm³/mol. The van der Waals surface area contributed by atoms with Gasteiger partial charge >= 0.3 is 0 Å². The number of carbonyl (C=O) groups is 1. The molecule has 0 atom stereocenters. The minimum Gasteiger partial charge on any atom is -0.335 e. The topological polar surface area (TPSA) is 112 Å². The highest BCUT2D eigenvalue weighted by atomic mass is 16.2. The van der Waals surface area contributed by atoms with Crippen LogP contribution in [0.5, 0.6) is 0 Å². The molecule has 142 valence electrons. The summed E-state index contributed by atoms with van der Waals surface area (Å²) in [5.74, 6) is -0.157. The summed E-state index contributed by atoms with van der Waals surface area (Å²) in [5.41, 5.74) is 2.17. The van der Waals surface area contributed by atoms with Gasteiger partial charge in [0.2, 0.25) is 5.91 Å². The lowest BCUT2D eigenvalue weighted by atomic mass is 10.00. The molecule has 0 spiro atoms. The van der Waals surface area contributed by atoms with Crippen LogP contribution in [0.2, 0.25) is 0 Å². The number of aromatic amines is 1. The summed E-state index contributed by atoms with van der Waals surface area (Å²) in [5, 5.41) is 16.5. The lowest BCUT2D eigenvalue weighted by Crippen LogP contribution is -2.50. The van der Waals surface area contributed by atoms with Gasteiger partial charge < -0.3 is 4.90 Å². The predicted octanol–water partition coefficient (Wildman–Crippen LogP) is 1.45. The number of rotatable bonds is 4. The molecule has 9 heteroatoms. The van der Waals surface area contributed by atoms with Gasteiger partial charge in [-0.05, 0) is 12.0 Å². The highest BCUT2D eigenvalue weighted by molar-refractivity contribution is 5.87. The van der Waals surface area contributed by atoms with E-state index in [4.69, 9.17) is 0 Å². The van der Waals surface area contributed by atoms with E-state index in [0.717, 1.165) is 0 Å². The van der Waals surface area contributed by atoms with E-state index < -0.39 is 0 Å². The number of nitrogens with one attached hydrogen (secondary N) is 1. The Bertz CT molecular complexity index is 1190. The SMILES string of the molecule is C=CC(=O)N1CC(n2cc(-c3nc4c(C#N)c[nH]n4c(=O)c3C(C)C)cn2)C1. The number of amides is 1. The molecule has 4 rings (SSSR count). The maximum Gasteiger partial charge on any atom is 0.276 e. The number of hydrogen-bond acceptors (Lipinski definition) is 5. The van der Waals surface area contributed by atoms with Gasteiger partial charge in [-0.1, -0.05) is 20.4 Å². The largest absolute Gasteiger partial charge is 0.335 e. The first kappa shape index (κ1) is 17.7. The van der Waals surface area contributed by atoms with Crippen molar-refractivity contribution >= 4 is 11.6 Å². The van der Waals surface area contributed by atoms with E-state index >= 15 is 0 Å². The van der Waals surface area contributed by atoms with Crippen molar-refractivity contribution < 1.29 is 4.79 Å². The average molecular weight is 377 g/mol. The maximum atomic E-state index is 13.0. The Kier molecular flexibility index (Phi) is 4.11. The molecule has 3 aromatic rings. The molecule has 28 heavy (non-hydrogen) atoms. The second-order valence-electron chi connectivity index (χ2n) is 7.10. The summed E-state index contributed by atoms with van der Waals surface area (Å²) < 4.78 is 3.09. The fourth-order valence-corrected chi connectivity index (χ4v) is 3.44. The van der Waals surface area contributed by atoms with Crippen molar-refractivity contribution in [1.82, 2.24) is 29.3 Å². The van der Waals surface area contributed by atoms with E-state index in [1.807, 2.05) is 26.1 Å². The highest BCUT2D eigenvalue weighted by Gasteiger charge is 2.31. The normalized spacial score (nSPS) is 14.3. The Balaban J connectivity index is 1.76. The zero-order valence-electron chi connectivity index (χ0n) is 15.6. The van der Waals surface area contributed by atoms with Gasteiger partial charge in [0, 0.05) is 36.6 Å². The monoisotopic (exact) mass is 377 g/mol. The lowest BCUT2D eigenvalue weighted by molar-refractivity contribution is -0.131. The van der Waals surface area contributed by atoms with Crippen LogP contribution in [0.1, 0.15) is 36.9 Å². The van der Waals surface area contributed by atoms with E-state index in [9.17, 15) is 14.9 Å². The third-order valence-electron chi connectivity index (χ3n) is 4.99. The smallest absolute Gasteiger partial charge is 0.276 e. The Labute approximate surface area is 160 Å². The van der Waals surface area contributed by atoms with Crippen molar-refractivity contribution in [3.8, 4) is 17.3 Å². The molecule has 1 fully saturated rings. The number of nitrogens with zero attached hydrogens (tertiary/aromatic N) is 6. The van der Waals surface area contributed by atoms with Crippen LogP contribution in [0, 0.1) is 11.3 Å². The number of fused-ring (bicyclic) bond motifs is 1. The summed E-state index contributed by atoms with van der Waals surface area (Å²) in [6.45, 7) is 8.48. The van der Waals surface area contributed by atoms with Crippen LogP contribution < -0.4 is 5.56 Å². The molecule has 4 heterocycles. The molecule has 1 aliphatic rings. The molecular formula is C19H19N7O2. The first-order valence-electron chi connectivity index (χ1n) is 8.94. The van der Waals surface area contributed by atoms with Crippen molar-refractivity contribution in [2.24, 2.45) is 0 Å². The third kappa shape index (κ3) is 2.62. The standard InChI is InChI=1S/C19H19N7O2/c1-4-15(27)24-9-14(10-24)25-8-13(7-21-25)17-16(11(2)3)19(28)26-18(23-17)12(5-20)6-22-26/h4,6-8,11,14,22H,1,9-10H2,2-3H3. The summed E-state index contributed by atoms with van der Waals surface area (Å²) in [4.78, 5) is 30.9. The van der Waals surface area contributed by atoms with Crippen LogP contribution in [-0.4, -0.2) is 48.3 Å². The van der Waals surface area contributed by atoms with Crippen LogP contribution in [-0.2, 0) is 4.79 Å². The Hall–Kier alpha value is -3.67. The van der Waals surface area contributed by atoms with Crippen LogP contribution in [0.3, 0.4) is 0 Å². The van der Waals surface area contributed by atoms with E-state index in [1.54, 1.807) is 15.8 Å². The molecular weight excluding hydrogens is 358 g/mol. The number of carbonyl (C=O) groups excluding carboxylic acids is 1. The fourth-order valence-electron chi connectivity index (χ4n) is 3.44. The van der Waals surface area contributed by atoms with Gasteiger partial charge in [0.15, 0.2) is 5.65 Å². The van der Waals surface area contributed by atoms with Gasteiger partial charge in [0.05, 0.1) is 17.9 Å². The molecule has 1 N–H and O–H groups in total. The van der Waals surface area contributed by atoms with Gasteiger partial charge in [0.1, 0.15) is 11.6 Å². The second kappa shape index (κ2) is 6.49. The van der Waals surface area contributed by atoms with E-state index in [0.29, 0.717) is 41.1 Å². The molecule has 1 amide bonds. The third-order valence-corrected chi connectivity index (χ3v) is 4.99. The zero-order valence-corrected chi connectivity index (χ0v) is 15.6. The molecule has 0 saturated carbocycles. The Morgan fingerprint density at radius 3 is 2.86 bits per heavy atom. The molecule has 0 radical (unpaired) electrons. The van der Waals surface area contributed by atoms with Gasteiger partial charge in [-0.15, -0.1) is 0 Å². The summed E-state index contributed by atoms with van der Waals surface area (Å²) >= 11 is 0. The molecule has 9 nitrogen and oxygen atoms in total. The molecule has 1 saturated heterocycles. The van der Waals surface area contributed by atoms with Gasteiger partial charge in [-0.3, -0.25) is 19.4 Å². The first-order chi connectivity index (χ1) is 13.4. The van der Waals surface area contributed by atoms with Gasteiger partial charge in [-0.2, -0.15) is 10.4 Å². The van der Waals surface area contributed by atoms with Crippen LogP contribution >= 0.6 is 0 Å². The molecule has 0 bridgehead atoms. The van der Waals surface area contributed by atoms with Crippen molar-refractivity contribution in [3.05, 3.63) is 52.7 Å². The summed E-state index contributed by atoms with van der Waals surface area (Å²) in [7, 11) is 0. The average Bonchev–Trinajstić information content (AvgIpc) is 3.26. The molecule has 1 aliphatic heterocycles. The number of likely N-dealkylation sites (tertiary alicyclic amines) is 1. The molecule has 0 aliphatic carbocycles. The Morgan fingerprint density at radius 2 is 2.21 bits per heavy atom. The highest BCUT2D eigenvalue weighted by Crippen LogP contribution is 2.28. The number of nitriles is 1. The Morgan fingerprint density at radius 1 is 1.46 bits per heavy atom. The number of H-pyrrole nitrogens is 1. The van der Waals surface area contributed by atoms with E-state index in [-0.39, 0.29) is 23.4 Å². The molecule has 0 aromatic carbocycles. The van der Waals surface area contributed by atoms with Crippen molar-refractivity contribution in [3.63, 3.8) is 0 Å². The second-order valence-corrected chi connectivity index (χ2v) is 7.10. The van der Waals surface area contributed by atoms with E-state index in [1.165, 1.54) is 16.8 Å². The summed E-state index contributed by atoms with van der Waals surface area (Å²) in [6, 6.07) is 2.12. The molecule has 3 aromatic heterocycles. The van der Waals surface area contributed by atoms with Gasteiger partial charge in [0.25, 0.3) is 5.56 Å². The lowest BCUT2D eigenvalue weighted by Gasteiger charge is -2.38. The molecule has 0 unspecified atom stereocenters. The zero-order chi connectivity index (χ0) is 20.0. The van der Waals surface area contributed by atoms with E-state index in [2.05, 4.69) is 21.8 Å². The minimum atomic E-state index is -0.226. The van der Waals surface area contributed by atoms with Crippen molar-refractivity contribution in [2.75, 3.05) is 13.1 Å². The van der Waals surface area contributed by atoms with Crippen molar-refractivity contribution in [1.29, 1.82) is 5.26 Å². The van der Waals surface area contributed by atoms with Crippen molar-refractivity contribution in [2.45, 2.75) is 25.8 Å². The fraction of sp³-hybridized carbons (Fsp3) is 0.316. The quantitative estimate of drug-likeness (QED) is 0.692. The number of aromatic nitrogens is 5. The van der Waals surface area contributed by atoms with Crippen LogP contribution in [0.25, 0.3) is 16.9 Å². The van der Waals surface area contributed by atoms with Crippen LogP contribution in [0.15, 0.2) is 36.0 Å². The van der Waals surface area contributed by atoms with Crippen LogP contribution in [0.4, 0.5) is 0 Å². The maximum absolute atomic E-state index is 13.0. The summed E-state index contributed by atoms with van der Waals surface area (Å²) in [6.07, 6.45) is 6.28. The van der Waals surface area contributed by atoms with Gasteiger partial charge in [-0.25, -0.2) is 9.50 Å². The number of hydrogen-bond donors (Lipinski definition) is 1.